The van der Waals surface area contributed by atoms with E-state index in [4.69, 9.17) is 4.74 Å². The minimum absolute atomic E-state index is 0.00307. The number of esters is 1. The third kappa shape index (κ3) is 3.21. The first kappa shape index (κ1) is 10.8. The fraction of sp³-hybridized carbons (Fsp3) is 0.417. The number of carbonyl (C=O) groups excluding carboxylic acids is 1. The van der Waals surface area contributed by atoms with E-state index >= 15 is 0 Å². The van der Waals surface area contributed by atoms with Gasteiger partial charge in [-0.1, -0.05) is 25.5 Å². The molecular weight excluding hydrogens is 176 g/mol. The zero-order valence-corrected chi connectivity index (χ0v) is 8.62. The molecule has 0 amide bonds. The molecule has 0 spiro atoms. The van der Waals surface area contributed by atoms with Crippen molar-refractivity contribution in [2.24, 2.45) is 0 Å². The van der Waals surface area contributed by atoms with Gasteiger partial charge in [-0.15, -0.1) is 0 Å². The normalized spacial score (nSPS) is 12.1. The van der Waals surface area contributed by atoms with Crippen LogP contribution in [-0.2, 0) is 4.74 Å². The van der Waals surface area contributed by atoms with Gasteiger partial charge in [-0.25, -0.2) is 4.79 Å². The Hall–Kier alpha value is -1.31. The van der Waals surface area contributed by atoms with Gasteiger partial charge in [0.05, 0.1) is 11.7 Å². The fourth-order valence-corrected chi connectivity index (χ4v) is 1.24. The molecule has 0 aliphatic heterocycles. The van der Waals surface area contributed by atoms with Gasteiger partial charge >= 0.3 is 5.97 Å². The quantitative estimate of drug-likeness (QED) is 0.684. The Kier molecular flexibility index (Phi) is 4.17. The van der Waals surface area contributed by atoms with E-state index in [-0.39, 0.29) is 12.1 Å². The predicted molar refractivity (Wildman–Crippen MR) is 55.1 cm³/mol. The van der Waals surface area contributed by atoms with Crippen LogP contribution in [0.1, 0.15) is 37.0 Å². The second-order valence-electron chi connectivity index (χ2n) is 3.29. The Labute approximate surface area is 84.9 Å². The highest BCUT2D eigenvalue weighted by Gasteiger charge is 2.09. The minimum Gasteiger partial charge on any atom is -0.459 e. The summed E-state index contributed by atoms with van der Waals surface area (Å²) < 4.78 is 5.22. The molecule has 0 aromatic heterocycles. The summed E-state index contributed by atoms with van der Waals surface area (Å²) in [6, 6.07) is 9.70. The lowest BCUT2D eigenvalue weighted by molar-refractivity contribution is 0.0323. The molecule has 0 fully saturated rings. The molecule has 0 saturated carbocycles. The van der Waals surface area contributed by atoms with Crippen molar-refractivity contribution in [3.8, 4) is 0 Å². The first-order chi connectivity index (χ1) is 6.74. The lowest BCUT2D eigenvalue weighted by Crippen LogP contribution is -2.14. The smallest absolute Gasteiger partial charge is 0.338 e. The minimum atomic E-state index is -0.250. The van der Waals surface area contributed by atoms with Gasteiger partial charge in [0.25, 0.3) is 0 Å². The van der Waals surface area contributed by atoms with Crippen LogP contribution in [0.15, 0.2) is 24.3 Å². The van der Waals surface area contributed by atoms with Crippen LogP contribution in [-0.4, -0.2) is 12.1 Å². The Balaban J connectivity index is 2.51. The number of hydrogen-bond acceptors (Lipinski definition) is 2. The van der Waals surface area contributed by atoms with E-state index in [2.05, 4.69) is 13.0 Å². The van der Waals surface area contributed by atoms with Crippen LogP contribution in [0.5, 0.6) is 0 Å². The van der Waals surface area contributed by atoms with Crippen LogP contribution in [0.4, 0.5) is 0 Å². The Morgan fingerprint density at radius 1 is 1.50 bits per heavy atom. The SMILES string of the molecule is CCCC(C)OC(=O)c1cc[c]cc1. The molecule has 2 heteroatoms. The van der Waals surface area contributed by atoms with Crippen LogP contribution >= 0.6 is 0 Å². The molecule has 2 nitrogen and oxygen atoms in total. The Bertz CT molecular complexity index is 280. The summed E-state index contributed by atoms with van der Waals surface area (Å²) in [6.45, 7) is 3.98. The van der Waals surface area contributed by atoms with E-state index in [9.17, 15) is 4.79 Å². The van der Waals surface area contributed by atoms with Crippen molar-refractivity contribution in [1.29, 1.82) is 0 Å². The molecule has 1 radical (unpaired) electrons. The van der Waals surface area contributed by atoms with Crippen molar-refractivity contribution in [3.63, 3.8) is 0 Å². The van der Waals surface area contributed by atoms with Crippen molar-refractivity contribution >= 4 is 5.97 Å². The second kappa shape index (κ2) is 5.43. The lowest BCUT2D eigenvalue weighted by Gasteiger charge is -2.11. The average molecular weight is 191 g/mol. The van der Waals surface area contributed by atoms with Crippen molar-refractivity contribution in [2.75, 3.05) is 0 Å². The third-order valence-corrected chi connectivity index (χ3v) is 1.96. The maximum Gasteiger partial charge on any atom is 0.338 e. The van der Waals surface area contributed by atoms with Crippen LogP contribution < -0.4 is 0 Å². The maximum absolute atomic E-state index is 11.5. The van der Waals surface area contributed by atoms with Gasteiger partial charge in [0.1, 0.15) is 0 Å². The van der Waals surface area contributed by atoms with Gasteiger partial charge in [0, 0.05) is 0 Å². The molecule has 75 valence electrons. The molecule has 14 heavy (non-hydrogen) atoms. The molecule has 0 saturated heterocycles. The highest BCUT2D eigenvalue weighted by Crippen LogP contribution is 2.06. The van der Waals surface area contributed by atoms with Crippen LogP contribution in [0, 0.1) is 6.07 Å². The molecule has 1 aromatic rings. The van der Waals surface area contributed by atoms with Crippen molar-refractivity contribution in [3.05, 3.63) is 35.9 Å². The monoisotopic (exact) mass is 191 g/mol. The van der Waals surface area contributed by atoms with E-state index in [0.717, 1.165) is 12.8 Å². The van der Waals surface area contributed by atoms with Crippen LogP contribution in [0.3, 0.4) is 0 Å². The van der Waals surface area contributed by atoms with Gasteiger partial charge in [-0.2, -0.15) is 0 Å². The van der Waals surface area contributed by atoms with E-state index in [1.165, 1.54) is 0 Å². The van der Waals surface area contributed by atoms with E-state index in [0.29, 0.717) is 5.56 Å². The molecule has 1 rings (SSSR count). The lowest BCUT2D eigenvalue weighted by atomic mass is 10.2. The van der Waals surface area contributed by atoms with Crippen molar-refractivity contribution in [1.82, 2.24) is 0 Å². The van der Waals surface area contributed by atoms with Crippen molar-refractivity contribution in [2.45, 2.75) is 32.8 Å². The summed E-state index contributed by atoms with van der Waals surface area (Å²) in [5.41, 5.74) is 0.590. The molecule has 0 aliphatic rings. The van der Waals surface area contributed by atoms with Gasteiger partial charge in [-0.3, -0.25) is 0 Å². The Morgan fingerprint density at radius 2 is 2.14 bits per heavy atom. The van der Waals surface area contributed by atoms with Crippen LogP contribution in [0.25, 0.3) is 0 Å². The second-order valence-corrected chi connectivity index (χ2v) is 3.29. The highest BCUT2D eigenvalue weighted by molar-refractivity contribution is 5.89. The molecule has 1 atom stereocenters. The standard InChI is InChI=1S/C12H15O2/c1-3-7-10(2)14-12(13)11-8-5-4-6-9-11/h5-6,8-10H,3,7H2,1-2H3. The summed E-state index contributed by atoms with van der Waals surface area (Å²) in [7, 11) is 0. The highest BCUT2D eigenvalue weighted by atomic mass is 16.5. The molecule has 1 aromatic carbocycles. The molecule has 0 N–H and O–H groups in total. The largest absolute Gasteiger partial charge is 0.459 e. The van der Waals surface area contributed by atoms with Crippen LogP contribution in [0.2, 0.25) is 0 Å². The summed E-state index contributed by atoms with van der Waals surface area (Å²) in [4.78, 5) is 11.5. The summed E-state index contributed by atoms with van der Waals surface area (Å²) in [5, 5.41) is 0. The summed E-state index contributed by atoms with van der Waals surface area (Å²) in [6.07, 6.45) is 1.93. The zero-order chi connectivity index (χ0) is 10.4. The molecule has 1 unspecified atom stereocenters. The average Bonchev–Trinajstić information content (AvgIpc) is 2.19. The van der Waals surface area contributed by atoms with Crippen molar-refractivity contribution < 1.29 is 9.53 Å². The maximum atomic E-state index is 11.5. The van der Waals surface area contributed by atoms with Gasteiger partial charge in [0.2, 0.25) is 0 Å². The molecule has 0 aliphatic carbocycles. The van der Waals surface area contributed by atoms with E-state index in [1.54, 1.807) is 24.3 Å². The summed E-state index contributed by atoms with van der Waals surface area (Å²) in [5.74, 6) is -0.250. The topological polar surface area (TPSA) is 26.3 Å². The number of carbonyl (C=O) groups is 1. The summed E-state index contributed by atoms with van der Waals surface area (Å²) >= 11 is 0. The number of benzene rings is 1. The van der Waals surface area contributed by atoms with Gasteiger partial charge in [0.15, 0.2) is 0 Å². The number of ether oxygens (including phenoxy) is 1. The van der Waals surface area contributed by atoms with Gasteiger partial charge in [-0.05, 0) is 31.5 Å². The van der Waals surface area contributed by atoms with E-state index < -0.39 is 0 Å². The van der Waals surface area contributed by atoms with E-state index in [1.807, 2.05) is 6.92 Å². The predicted octanol–water partition coefficient (Wildman–Crippen LogP) is 2.83. The zero-order valence-electron chi connectivity index (χ0n) is 8.62. The van der Waals surface area contributed by atoms with Gasteiger partial charge < -0.3 is 4.74 Å². The molecular formula is C12H15O2. The number of hydrogen-bond donors (Lipinski definition) is 0. The molecule has 0 heterocycles. The first-order valence-corrected chi connectivity index (χ1v) is 4.91. The molecule has 0 bridgehead atoms. The fourth-order valence-electron chi connectivity index (χ4n) is 1.24. The first-order valence-electron chi connectivity index (χ1n) is 4.91. The Morgan fingerprint density at radius 3 is 2.71 bits per heavy atom. The number of rotatable bonds is 4. The third-order valence-electron chi connectivity index (χ3n) is 1.96.